The van der Waals surface area contributed by atoms with Gasteiger partial charge in [0.25, 0.3) is 5.91 Å². The summed E-state index contributed by atoms with van der Waals surface area (Å²) in [5, 5.41) is 12.3. The maximum Gasteiger partial charge on any atom is 0.258 e. The van der Waals surface area contributed by atoms with Crippen LogP contribution in [0.25, 0.3) is 0 Å². The molecule has 0 saturated heterocycles. The van der Waals surface area contributed by atoms with Gasteiger partial charge in [0, 0.05) is 11.6 Å². The number of nitrogens with two attached hydrogens (primary N) is 1. The minimum absolute atomic E-state index is 0.0283. The Balaban J connectivity index is 1.91. The number of aliphatic hydroxyl groups excluding tert-OH is 1. The van der Waals surface area contributed by atoms with E-state index in [9.17, 15) is 9.59 Å². The zero-order chi connectivity index (χ0) is 16.3. The van der Waals surface area contributed by atoms with Crippen LogP contribution in [-0.2, 0) is 9.59 Å². The van der Waals surface area contributed by atoms with Crippen molar-refractivity contribution < 1.29 is 19.4 Å². The lowest BCUT2D eigenvalue weighted by atomic mass is 9.68. The van der Waals surface area contributed by atoms with Gasteiger partial charge in [0.1, 0.15) is 11.3 Å². The Morgan fingerprint density at radius 3 is 2.64 bits per heavy atom. The van der Waals surface area contributed by atoms with E-state index in [-0.39, 0.29) is 24.2 Å². The van der Waals surface area contributed by atoms with E-state index < -0.39 is 17.4 Å². The van der Waals surface area contributed by atoms with Gasteiger partial charge in [-0.05, 0) is 37.0 Å². The molecule has 1 aromatic carbocycles. The van der Waals surface area contributed by atoms with Crippen LogP contribution in [0.1, 0.15) is 12.8 Å². The number of rotatable bonds is 6. The third-order valence-corrected chi connectivity index (χ3v) is 4.17. The predicted molar refractivity (Wildman–Crippen MR) is 81.8 cm³/mol. The highest BCUT2D eigenvalue weighted by Gasteiger charge is 2.49. The summed E-state index contributed by atoms with van der Waals surface area (Å²) >= 11 is 11.7. The van der Waals surface area contributed by atoms with Crippen LogP contribution in [0.4, 0.5) is 0 Å². The smallest absolute Gasteiger partial charge is 0.258 e. The number of aliphatic hydroxyl groups is 1. The minimum Gasteiger partial charge on any atom is -0.482 e. The molecule has 0 aromatic heterocycles. The van der Waals surface area contributed by atoms with Gasteiger partial charge in [-0.25, -0.2) is 0 Å². The molecule has 0 bridgehead atoms. The fourth-order valence-corrected chi connectivity index (χ4v) is 2.92. The van der Waals surface area contributed by atoms with Crippen molar-refractivity contribution in [1.82, 2.24) is 5.32 Å². The molecule has 0 aliphatic heterocycles. The van der Waals surface area contributed by atoms with Crippen LogP contribution in [0.15, 0.2) is 18.2 Å². The maximum atomic E-state index is 11.9. The van der Waals surface area contributed by atoms with Gasteiger partial charge in [0.15, 0.2) is 6.61 Å². The lowest BCUT2D eigenvalue weighted by Gasteiger charge is -2.44. The molecule has 1 fully saturated rings. The average molecular weight is 347 g/mol. The molecule has 0 spiro atoms. The number of hydrogen-bond acceptors (Lipinski definition) is 4. The Hall–Kier alpha value is -1.50. The summed E-state index contributed by atoms with van der Waals surface area (Å²) in [6, 6.07) is 4.63. The van der Waals surface area contributed by atoms with Gasteiger partial charge < -0.3 is 20.9 Å². The summed E-state index contributed by atoms with van der Waals surface area (Å²) in [6.45, 7) is -0.345. The van der Waals surface area contributed by atoms with E-state index in [1.165, 1.54) is 6.07 Å². The fourth-order valence-electron chi connectivity index (χ4n) is 2.46. The highest BCUT2D eigenvalue weighted by atomic mass is 35.5. The number of amides is 2. The summed E-state index contributed by atoms with van der Waals surface area (Å²) in [5.41, 5.74) is 4.23. The molecule has 22 heavy (non-hydrogen) atoms. The number of primary amides is 1. The van der Waals surface area contributed by atoms with Crippen molar-refractivity contribution in [2.45, 2.75) is 18.4 Å². The third-order valence-electron chi connectivity index (χ3n) is 3.64. The second-order valence-electron chi connectivity index (χ2n) is 5.31. The molecule has 2 rings (SSSR count). The van der Waals surface area contributed by atoms with Crippen LogP contribution >= 0.6 is 23.2 Å². The van der Waals surface area contributed by atoms with Crippen LogP contribution in [0, 0.1) is 5.92 Å². The van der Waals surface area contributed by atoms with Crippen molar-refractivity contribution >= 4 is 35.0 Å². The summed E-state index contributed by atoms with van der Waals surface area (Å²) in [7, 11) is 0. The molecule has 2 amide bonds. The molecular formula is C14H16Cl2N2O4. The number of halogens is 2. The van der Waals surface area contributed by atoms with E-state index >= 15 is 0 Å². The Morgan fingerprint density at radius 2 is 2.09 bits per heavy atom. The van der Waals surface area contributed by atoms with Crippen LogP contribution in [0.5, 0.6) is 5.75 Å². The number of nitrogens with one attached hydrogen (secondary N) is 1. The van der Waals surface area contributed by atoms with Gasteiger partial charge in [-0.15, -0.1) is 0 Å². The summed E-state index contributed by atoms with van der Waals surface area (Å²) in [5.74, 6) is -0.813. The second-order valence-corrected chi connectivity index (χ2v) is 6.16. The molecule has 6 nitrogen and oxygen atoms in total. The van der Waals surface area contributed by atoms with Crippen LogP contribution < -0.4 is 15.8 Å². The van der Waals surface area contributed by atoms with Crippen LogP contribution in [0.2, 0.25) is 10.0 Å². The number of carbonyl (C=O) groups excluding carboxylic acids is 2. The molecule has 120 valence electrons. The maximum absolute atomic E-state index is 11.9. The second kappa shape index (κ2) is 6.73. The lowest BCUT2D eigenvalue weighted by Crippen LogP contribution is -2.65. The van der Waals surface area contributed by atoms with Gasteiger partial charge in [-0.3, -0.25) is 9.59 Å². The molecule has 1 saturated carbocycles. The highest BCUT2D eigenvalue weighted by molar-refractivity contribution is 6.35. The van der Waals surface area contributed by atoms with E-state index in [2.05, 4.69) is 5.32 Å². The molecule has 0 unspecified atom stereocenters. The lowest BCUT2D eigenvalue weighted by molar-refractivity contribution is -0.138. The molecule has 4 N–H and O–H groups in total. The number of hydrogen-bond donors (Lipinski definition) is 3. The number of carbonyl (C=O) groups is 2. The Morgan fingerprint density at radius 1 is 1.41 bits per heavy atom. The monoisotopic (exact) mass is 346 g/mol. The molecule has 0 heterocycles. The Kier molecular flexibility index (Phi) is 5.16. The van der Waals surface area contributed by atoms with E-state index in [0.29, 0.717) is 23.6 Å². The fraction of sp³-hybridized carbons (Fsp3) is 0.429. The van der Waals surface area contributed by atoms with Gasteiger partial charge in [0.05, 0.1) is 5.02 Å². The molecule has 0 radical (unpaired) electrons. The van der Waals surface area contributed by atoms with Crippen LogP contribution in [-0.4, -0.2) is 35.7 Å². The quantitative estimate of drug-likeness (QED) is 0.718. The summed E-state index contributed by atoms with van der Waals surface area (Å²) in [4.78, 5) is 23.4. The van der Waals surface area contributed by atoms with Crippen LogP contribution in [0.3, 0.4) is 0 Å². The molecule has 8 heteroatoms. The highest BCUT2D eigenvalue weighted by Crippen LogP contribution is 2.37. The SMILES string of the molecule is NC(=O)C1(NC(=O)COc2ccc(Cl)cc2Cl)CC(CO)C1. The number of benzene rings is 1. The third kappa shape index (κ3) is 3.63. The first-order valence-corrected chi connectivity index (χ1v) is 7.41. The van der Waals surface area contributed by atoms with Gasteiger partial charge >= 0.3 is 0 Å². The first-order chi connectivity index (χ1) is 10.4. The van der Waals surface area contributed by atoms with Crippen molar-refractivity contribution in [3.8, 4) is 5.75 Å². The average Bonchev–Trinajstić information content (AvgIpc) is 2.41. The molecule has 1 aliphatic carbocycles. The zero-order valence-corrected chi connectivity index (χ0v) is 13.2. The van der Waals surface area contributed by atoms with Gasteiger partial charge in [-0.1, -0.05) is 23.2 Å². The first kappa shape index (κ1) is 16.9. The molecule has 0 atom stereocenters. The largest absolute Gasteiger partial charge is 0.482 e. The topological polar surface area (TPSA) is 102 Å². The van der Waals surface area contributed by atoms with Crippen molar-refractivity contribution in [3.63, 3.8) is 0 Å². The van der Waals surface area contributed by atoms with E-state index in [1.54, 1.807) is 12.1 Å². The van der Waals surface area contributed by atoms with Crippen molar-refractivity contribution in [2.75, 3.05) is 13.2 Å². The number of ether oxygens (including phenoxy) is 1. The summed E-state index contributed by atoms with van der Waals surface area (Å²) < 4.78 is 5.30. The normalized spacial score (nSPS) is 23.5. The predicted octanol–water partition coefficient (Wildman–Crippen LogP) is 1.11. The molecule has 1 aliphatic rings. The summed E-state index contributed by atoms with van der Waals surface area (Å²) in [6.07, 6.45) is 0.651. The van der Waals surface area contributed by atoms with Gasteiger partial charge in [0.2, 0.25) is 5.91 Å². The first-order valence-electron chi connectivity index (χ1n) is 6.66. The zero-order valence-electron chi connectivity index (χ0n) is 11.6. The van der Waals surface area contributed by atoms with Crippen molar-refractivity contribution in [2.24, 2.45) is 11.7 Å². The molecule has 1 aromatic rings. The molecular weight excluding hydrogens is 331 g/mol. The van der Waals surface area contributed by atoms with E-state index in [1.807, 2.05) is 0 Å². The minimum atomic E-state index is -1.10. The van der Waals surface area contributed by atoms with Gasteiger partial charge in [-0.2, -0.15) is 0 Å². The van der Waals surface area contributed by atoms with E-state index in [0.717, 1.165) is 0 Å². The standard InChI is InChI=1S/C14H16Cl2N2O4/c15-9-1-2-11(10(16)3-9)22-7-12(20)18-14(13(17)21)4-8(5-14)6-19/h1-3,8,19H,4-7H2,(H2,17,21)(H,18,20). The Bertz CT molecular complexity index is 588. The van der Waals surface area contributed by atoms with E-state index in [4.69, 9.17) is 38.8 Å². The Labute approximate surface area is 137 Å². The van der Waals surface area contributed by atoms with Crippen molar-refractivity contribution in [3.05, 3.63) is 28.2 Å². The van der Waals surface area contributed by atoms with Crippen molar-refractivity contribution in [1.29, 1.82) is 0 Å².